The number of rotatable bonds is 9. The Morgan fingerprint density at radius 3 is 1.86 bits per heavy atom. The van der Waals surface area contributed by atoms with Gasteiger partial charge in [0.2, 0.25) is 5.43 Å². The van der Waals surface area contributed by atoms with Gasteiger partial charge in [-0.3, -0.25) is 9.59 Å². The molecule has 4 saturated carbocycles. The fourth-order valence-electron chi connectivity index (χ4n) is 9.47. The molecule has 4 aromatic rings. The van der Waals surface area contributed by atoms with Crippen molar-refractivity contribution in [1.29, 1.82) is 0 Å². The SMILES string of the molecule is COc1c(N2CC[C@@H](C3(N)CC3)C2)c(F)cc2c(=O)c(C(=O)O)cn([C@@H]3C[C@@H]3F)c12.COc1c(N2CC[C@@H](C3(N)CC3)C2)ccc2c(=O)c(C)cn([C@@H]3C[C@@H]3F)c12. The van der Waals surface area contributed by atoms with Crippen LogP contribution in [-0.2, 0) is 0 Å². The molecule has 12 nitrogen and oxygen atoms in total. The molecule has 2 aromatic heterocycles. The summed E-state index contributed by atoms with van der Waals surface area (Å²) in [6.45, 7) is 4.78. The number of aromatic carboxylic acids is 1. The zero-order valence-corrected chi connectivity index (χ0v) is 32.4. The average Bonchev–Trinajstić information content (AvgIpc) is 4.17. The highest BCUT2D eigenvalue weighted by atomic mass is 19.1. The van der Waals surface area contributed by atoms with Crippen molar-refractivity contribution in [2.75, 3.05) is 50.2 Å². The number of nitrogens with two attached hydrogens (primary N) is 2. The van der Waals surface area contributed by atoms with E-state index in [9.17, 15) is 28.3 Å². The van der Waals surface area contributed by atoms with E-state index in [4.69, 9.17) is 20.9 Å². The second kappa shape index (κ2) is 13.4. The van der Waals surface area contributed by atoms with Crippen LogP contribution in [0.25, 0.3) is 21.8 Å². The first-order chi connectivity index (χ1) is 27.2. The summed E-state index contributed by atoms with van der Waals surface area (Å²) in [6.07, 6.45) is 7.66. The summed E-state index contributed by atoms with van der Waals surface area (Å²) in [4.78, 5) is 41.2. The summed E-state index contributed by atoms with van der Waals surface area (Å²) in [5.74, 6) is -0.563. The van der Waals surface area contributed by atoms with Gasteiger partial charge >= 0.3 is 5.97 Å². The van der Waals surface area contributed by atoms with Crippen LogP contribution in [0.15, 0.2) is 40.2 Å². The van der Waals surface area contributed by atoms with Gasteiger partial charge in [0.1, 0.15) is 23.6 Å². The summed E-state index contributed by atoms with van der Waals surface area (Å²) in [5.41, 5.74) is 14.0. The second-order valence-corrected chi connectivity index (χ2v) is 17.3. The van der Waals surface area contributed by atoms with Crippen molar-refractivity contribution in [3.05, 3.63) is 68.0 Å². The average molecular weight is 791 g/mol. The Balaban J connectivity index is 0.000000149. The van der Waals surface area contributed by atoms with Crippen molar-refractivity contribution >= 4 is 39.1 Å². The standard InChI is InChI=1S/C21H23F2N3O4.C21H26FN3O2/c1-30-19-16-11(18(27)12(20(28)29)9-26(16)15-7-13(15)22)6-14(23)17(19)25-5-2-10(8-25)21(24)3-4-21;1-12-10-25(17-9-15(17)22)18-14(19(12)26)3-4-16(20(18)27-2)24-8-5-13(11-24)21(23)6-7-21/h6,9-10,13,15H,2-5,7-8,24H2,1H3,(H,28,29);3-4,10,13,15,17H,5-9,11,23H2,1-2H3/t10-,13+,15-;13-,15+,17-/m11/s1. The van der Waals surface area contributed by atoms with E-state index in [2.05, 4.69) is 4.90 Å². The number of hydrogen-bond acceptors (Lipinski definition) is 9. The van der Waals surface area contributed by atoms with Crippen LogP contribution in [0.5, 0.6) is 11.5 Å². The van der Waals surface area contributed by atoms with Gasteiger partial charge < -0.3 is 45.0 Å². The molecule has 2 aromatic carbocycles. The van der Waals surface area contributed by atoms with Gasteiger partial charge in [-0.15, -0.1) is 0 Å². The zero-order valence-electron chi connectivity index (χ0n) is 32.4. The minimum Gasteiger partial charge on any atom is -0.492 e. The Kier molecular flexibility index (Phi) is 8.89. The lowest BCUT2D eigenvalue weighted by Crippen LogP contribution is -2.34. The lowest BCUT2D eigenvalue weighted by molar-refractivity contribution is 0.0694. The van der Waals surface area contributed by atoms with Gasteiger partial charge in [0.25, 0.3) is 0 Å². The minimum absolute atomic E-state index is 0.00745. The molecule has 57 heavy (non-hydrogen) atoms. The molecule has 2 aliphatic heterocycles. The lowest BCUT2D eigenvalue weighted by atomic mass is 9.97. The van der Waals surface area contributed by atoms with Crippen LogP contribution in [-0.4, -0.2) is 84.0 Å². The van der Waals surface area contributed by atoms with E-state index in [0.717, 1.165) is 69.6 Å². The molecule has 5 N–H and O–H groups in total. The number of fused-ring (bicyclic) bond motifs is 2. The number of carboxylic acid groups (broad SMARTS) is 1. The molecule has 6 atom stereocenters. The van der Waals surface area contributed by atoms with Gasteiger partial charge in [-0.25, -0.2) is 18.0 Å². The highest BCUT2D eigenvalue weighted by Crippen LogP contribution is 2.50. The van der Waals surface area contributed by atoms with E-state index < -0.39 is 41.2 Å². The quantitative estimate of drug-likeness (QED) is 0.202. The minimum atomic E-state index is -1.43. The first-order valence-corrected chi connectivity index (χ1v) is 19.9. The number of pyridine rings is 2. The third-order valence-electron chi connectivity index (χ3n) is 13.5. The largest absolute Gasteiger partial charge is 0.492 e. The van der Waals surface area contributed by atoms with E-state index in [1.807, 2.05) is 21.6 Å². The van der Waals surface area contributed by atoms with E-state index in [-0.39, 0.29) is 57.2 Å². The zero-order chi connectivity index (χ0) is 40.3. The van der Waals surface area contributed by atoms with Crippen LogP contribution >= 0.6 is 0 Å². The Bertz CT molecular complexity index is 2450. The Morgan fingerprint density at radius 2 is 1.33 bits per heavy atom. The monoisotopic (exact) mass is 790 g/mol. The van der Waals surface area contributed by atoms with Crippen LogP contribution in [0.2, 0.25) is 0 Å². The maximum Gasteiger partial charge on any atom is 0.341 e. The Morgan fingerprint density at radius 1 is 0.807 bits per heavy atom. The molecule has 304 valence electrons. The van der Waals surface area contributed by atoms with E-state index in [0.29, 0.717) is 47.6 Å². The van der Waals surface area contributed by atoms with Gasteiger partial charge in [0, 0.05) is 73.4 Å². The molecular weight excluding hydrogens is 741 g/mol. The molecule has 4 heterocycles. The molecule has 0 amide bonds. The third kappa shape index (κ3) is 6.32. The molecule has 6 fully saturated rings. The summed E-state index contributed by atoms with van der Waals surface area (Å²) in [5, 5.41) is 9.88. The van der Waals surface area contributed by atoms with Crippen LogP contribution in [0.1, 0.15) is 79.4 Å². The molecule has 2 saturated heterocycles. The van der Waals surface area contributed by atoms with Crippen molar-refractivity contribution in [3.63, 3.8) is 0 Å². The normalized spacial score (nSPS) is 27.6. The number of ether oxygens (including phenoxy) is 2. The number of carboxylic acids is 1. The second-order valence-electron chi connectivity index (χ2n) is 17.3. The van der Waals surface area contributed by atoms with Gasteiger partial charge in [0.05, 0.1) is 48.4 Å². The number of aromatic nitrogens is 2. The molecular formula is C42H49F3N6O6. The van der Waals surface area contributed by atoms with Crippen molar-refractivity contribution in [3.8, 4) is 11.5 Å². The van der Waals surface area contributed by atoms with Crippen molar-refractivity contribution in [2.24, 2.45) is 23.3 Å². The predicted octanol–water partition coefficient (Wildman–Crippen LogP) is 5.37. The Labute approximate surface area is 327 Å². The number of alkyl halides is 2. The fraction of sp³-hybridized carbons (Fsp3) is 0.548. The number of carbonyl (C=O) groups is 1. The van der Waals surface area contributed by atoms with Crippen LogP contribution < -0.4 is 41.6 Å². The van der Waals surface area contributed by atoms with Gasteiger partial charge in [0.15, 0.2) is 22.7 Å². The van der Waals surface area contributed by atoms with Crippen molar-refractivity contribution < 1.29 is 32.5 Å². The summed E-state index contributed by atoms with van der Waals surface area (Å²) >= 11 is 0. The van der Waals surface area contributed by atoms with Gasteiger partial charge in [-0.1, -0.05) is 0 Å². The van der Waals surface area contributed by atoms with Gasteiger partial charge in [-0.05, 0) is 75.5 Å². The number of benzene rings is 2. The number of anilines is 2. The van der Waals surface area contributed by atoms with Crippen LogP contribution in [0, 0.1) is 24.6 Å². The Hall–Kier alpha value is -4.76. The topological polar surface area (TPSA) is 158 Å². The number of halogens is 3. The number of nitrogens with zero attached hydrogens (tertiary/aromatic N) is 4. The molecule has 0 spiro atoms. The van der Waals surface area contributed by atoms with Crippen LogP contribution in [0.4, 0.5) is 24.5 Å². The number of hydrogen-bond donors (Lipinski definition) is 3. The lowest BCUT2D eigenvalue weighted by Gasteiger charge is -2.25. The molecule has 15 heteroatoms. The molecule has 10 rings (SSSR count). The number of aryl methyl sites for hydroxylation is 1. The fourth-order valence-corrected chi connectivity index (χ4v) is 9.47. The first-order valence-electron chi connectivity index (χ1n) is 19.9. The van der Waals surface area contributed by atoms with Crippen molar-refractivity contribution in [2.45, 2.75) is 93.8 Å². The molecule has 0 bridgehead atoms. The first kappa shape index (κ1) is 37.8. The highest BCUT2D eigenvalue weighted by Gasteiger charge is 2.50. The predicted molar refractivity (Wildman–Crippen MR) is 211 cm³/mol. The summed E-state index contributed by atoms with van der Waals surface area (Å²) < 4.78 is 57.8. The smallest absolute Gasteiger partial charge is 0.341 e. The van der Waals surface area contributed by atoms with Crippen molar-refractivity contribution in [1.82, 2.24) is 9.13 Å². The van der Waals surface area contributed by atoms with Gasteiger partial charge in [-0.2, -0.15) is 0 Å². The molecule has 0 unspecified atom stereocenters. The third-order valence-corrected chi connectivity index (χ3v) is 13.5. The summed E-state index contributed by atoms with van der Waals surface area (Å²) in [7, 11) is 3.00. The van der Waals surface area contributed by atoms with E-state index in [1.54, 1.807) is 20.2 Å². The summed E-state index contributed by atoms with van der Waals surface area (Å²) in [6, 6.07) is 4.09. The van der Waals surface area contributed by atoms with E-state index >= 15 is 4.39 Å². The van der Waals surface area contributed by atoms with Crippen LogP contribution in [0.3, 0.4) is 0 Å². The number of methoxy groups -OCH3 is 2. The maximum absolute atomic E-state index is 15.3. The highest BCUT2D eigenvalue weighted by molar-refractivity contribution is 5.97. The van der Waals surface area contributed by atoms with E-state index in [1.165, 1.54) is 11.7 Å². The molecule has 6 aliphatic rings. The molecule has 4 aliphatic carbocycles. The molecule has 0 radical (unpaired) electrons. The maximum atomic E-state index is 15.3.